The number of hydrogen-bond acceptors (Lipinski definition) is 5. The van der Waals surface area contributed by atoms with Crippen LogP contribution in [0, 0.1) is 5.92 Å². The molecule has 2 rings (SSSR count). The van der Waals surface area contributed by atoms with Gasteiger partial charge in [0.2, 0.25) is 5.91 Å². The van der Waals surface area contributed by atoms with E-state index in [-0.39, 0.29) is 11.5 Å². The lowest BCUT2D eigenvalue weighted by atomic mass is 10.00. The lowest BCUT2D eigenvalue weighted by Gasteiger charge is -2.14. The number of fused-ring (bicyclic) bond motifs is 1. The third kappa shape index (κ3) is 5.88. The molecule has 6 nitrogen and oxygen atoms in total. The maximum absolute atomic E-state index is 11.6. The number of carbonyl (C=O) groups excluding carboxylic acids is 1. The molecule has 0 unspecified atom stereocenters. The summed E-state index contributed by atoms with van der Waals surface area (Å²) in [6, 6.07) is 7.03. The molecule has 142 valence electrons. The van der Waals surface area contributed by atoms with Crippen LogP contribution in [-0.2, 0) is 11.2 Å². The van der Waals surface area contributed by atoms with Crippen molar-refractivity contribution in [1.29, 1.82) is 0 Å². The van der Waals surface area contributed by atoms with E-state index in [1.807, 2.05) is 12.1 Å². The van der Waals surface area contributed by atoms with E-state index < -0.39 is 0 Å². The van der Waals surface area contributed by atoms with E-state index in [0.29, 0.717) is 30.9 Å². The number of aryl methyl sites for hydroxylation is 1. The summed E-state index contributed by atoms with van der Waals surface area (Å²) >= 11 is 0. The minimum Gasteiger partial charge on any atom is -0.493 e. The molecule has 0 saturated carbocycles. The van der Waals surface area contributed by atoms with E-state index >= 15 is 0 Å². The Bertz CT molecular complexity index is 781. The molecular formula is C20H27NO5. The first-order chi connectivity index (χ1) is 12.5. The number of nitrogens with one attached hydrogen (secondary N) is 1. The number of benzene rings is 1. The monoisotopic (exact) mass is 361 g/mol. The smallest absolute Gasteiger partial charge is 0.336 e. The SMILES string of the molecule is CC(C)CCc1c(OCCCCCC(=O)NO)ccc2ccc(=O)oc12. The molecular weight excluding hydrogens is 334 g/mol. The maximum atomic E-state index is 11.6. The number of unbranched alkanes of at least 4 members (excludes halogenated alkanes) is 2. The van der Waals surface area contributed by atoms with Gasteiger partial charge in [-0.3, -0.25) is 10.0 Å². The van der Waals surface area contributed by atoms with Gasteiger partial charge in [-0.05, 0) is 56.2 Å². The van der Waals surface area contributed by atoms with Crippen molar-refractivity contribution in [2.45, 2.75) is 52.4 Å². The Morgan fingerprint density at radius 3 is 2.69 bits per heavy atom. The van der Waals surface area contributed by atoms with E-state index in [4.69, 9.17) is 14.4 Å². The normalized spacial score (nSPS) is 11.1. The van der Waals surface area contributed by atoms with Crippen LogP contribution in [0.15, 0.2) is 33.5 Å². The molecule has 1 aromatic carbocycles. The Hall–Kier alpha value is -2.34. The zero-order valence-corrected chi connectivity index (χ0v) is 15.4. The Morgan fingerprint density at radius 2 is 1.96 bits per heavy atom. The van der Waals surface area contributed by atoms with Gasteiger partial charge in [0, 0.05) is 23.4 Å². The second-order valence-electron chi connectivity index (χ2n) is 6.84. The third-order valence-electron chi connectivity index (χ3n) is 4.25. The molecule has 0 bridgehead atoms. The van der Waals surface area contributed by atoms with Crippen molar-refractivity contribution in [3.05, 3.63) is 40.2 Å². The highest BCUT2D eigenvalue weighted by Crippen LogP contribution is 2.29. The zero-order chi connectivity index (χ0) is 18.9. The first-order valence-electron chi connectivity index (χ1n) is 9.12. The van der Waals surface area contributed by atoms with Gasteiger partial charge in [0.25, 0.3) is 0 Å². The fourth-order valence-corrected chi connectivity index (χ4v) is 2.78. The molecule has 0 atom stereocenters. The predicted octanol–water partition coefficient (Wildman–Crippen LogP) is 3.83. The number of hydrogen-bond donors (Lipinski definition) is 2. The highest BCUT2D eigenvalue weighted by Gasteiger charge is 2.12. The van der Waals surface area contributed by atoms with Crippen molar-refractivity contribution in [2.24, 2.45) is 5.92 Å². The summed E-state index contributed by atoms with van der Waals surface area (Å²) in [5.41, 5.74) is 2.81. The van der Waals surface area contributed by atoms with Gasteiger partial charge in [-0.25, -0.2) is 10.3 Å². The van der Waals surface area contributed by atoms with E-state index in [1.54, 1.807) is 11.5 Å². The van der Waals surface area contributed by atoms with E-state index in [0.717, 1.165) is 42.4 Å². The maximum Gasteiger partial charge on any atom is 0.336 e. The molecule has 0 radical (unpaired) electrons. The first kappa shape index (κ1) is 20.0. The van der Waals surface area contributed by atoms with Gasteiger partial charge in [0.1, 0.15) is 11.3 Å². The molecule has 1 amide bonds. The molecule has 0 spiro atoms. The molecule has 2 aromatic rings. The van der Waals surface area contributed by atoms with E-state index in [1.165, 1.54) is 6.07 Å². The van der Waals surface area contributed by atoms with Crippen molar-refractivity contribution in [2.75, 3.05) is 6.61 Å². The van der Waals surface area contributed by atoms with Crippen LogP contribution in [0.3, 0.4) is 0 Å². The first-order valence-corrected chi connectivity index (χ1v) is 9.12. The van der Waals surface area contributed by atoms with Crippen LogP contribution < -0.4 is 15.8 Å². The summed E-state index contributed by atoms with van der Waals surface area (Å²) < 4.78 is 11.4. The van der Waals surface area contributed by atoms with Gasteiger partial charge < -0.3 is 9.15 Å². The van der Waals surface area contributed by atoms with Crippen LogP contribution in [0.2, 0.25) is 0 Å². The number of amides is 1. The molecule has 26 heavy (non-hydrogen) atoms. The van der Waals surface area contributed by atoms with Crippen molar-refractivity contribution in [3.8, 4) is 5.75 Å². The van der Waals surface area contributed by atoms with Crippen LogP contribution in [0.25, 0.3) is 11.0 Å². The lowest BCUT2D eigenvalue weighted by Crippen LogP contribution is -2.17. The van der Waals surface area contributed by atoms with Gasteiger partial charge >= 0.3 is 5.63 Å². The summed E-state index contributed by atoms with van der Waals surface area (Å²) in [7, 11) is 0. The minimum absolute atomic E-state index is 0.303. The second kappa shape index (κ2) is 9.97. The van der Waals surface area contributed by atoms with Crippen LogP contribution in [-0.4, -0.2) is 17.7 Å². The Morgan fingerprint density at radius 1 is 1.19 bits per heavy atom. The van der Waals surface area contributed by atoms with Gasteiger partial charge in [-0.1, -0.05) is 13.8 Å². The van der Waals surface area contributed by atoms with Gasteiger partial charge in [0.15, 0.2) is 0 Å². The van der Waals surface area contributed by atoms with Crippen molar-refractivity contribution in [3.63, 3.8) is 0 Å². The van der Waals surface area contributed by atoms with Crippen LogP contribution in [0.4, 0.5) is 0 Å². The molecule has 1 aromatic heterocycles. The summed E-state index contributed by atoms with van der Waals surface area (Å²) in [6.07, 6.45) is 4.40. The van der Waals surface area contributed by atoms with Gasteiger partial charge in [-0.2, -0.15) is 0 Å². The van der Waals surface area contributed by atoms with Crippen LogP contribution >= 0.6 is 0 Å². The summed E-state index contributed by atoms with van der Waals surface area (Å²) in [5.74, 6) is 0.915. The highest BCUT2D eigenvalue weighted by atomic mass is 16.5. The molecule has 0 aliphatic heterocycles. The number of rotatable bonds is 10. The van der Waals surface area contributed by atoms with Gasteiger partial charge in [-0.15, -0.1) is 0 Å². The average molecular weight is 361 g/mol. The Labute approximate surface area is 153 Å². The van der Waals surface area contributed by atoms with E-state index in [2.05, 4.69) is 13.8 Å². The molecule has 0 aliphatic carbocycles. The Kier molecular flexibility index (Phi) is 7.66. The zero-order valence-electron chi connectivity index (χ0n) is 15.4. The molecule has 0 aliphatic rings. The highest BCUT2D eigenvalue weighted by molar-refractivity contribution is 5.82. The molecule has 2 N–H and O–H groups in total. The lowest BCUT2D eigenvalue weighted by molar-refractivity contribution is -0.129. The van der Waals surface area contributed by atoms with Gasteiger partial charge in [0.05, 0.1) is 6.61 Å². The topological polar surface area (TPSA) is 88.8 Å². The van der Waals surface area contributed by atoms with E-state index in [9.17, 15) is 9.59 Å². The minimum atomic E-state index is -0.369. The molecule has 6 heteroatoms. The average Bonchev–Trinajstić information content (AvgIpc) is 2.62. The van der Waals surface area contributed by atoms with Crippen molar-refractivity contribution < 1.29 is 19.2 Å². The van der Waals surface area contributed by atoms with Crippen LogP contribution in [0.5, 0.6) is 5.75 Å². The fraction of sp³-hybridized carbons (Fsp3) is 0.500. The quantitative estimate of drug-likeness (QED) is 0.291. The number of hydroxylamine groups is 1. The molecule has 0 saturated heterocycles. The summed E-state index contributed by atoms with van der Waals surface area (Å²) in [4.78, 5) is 22.6. The summed E-state index contributed by atoms with van der Waals surface area (Å²) in [6.45, 7) is 4.84. The largest absolute Gasteiger partial charge is 0.493 e. The standard InChI is InChI=1S/C20H27NO5/c1-14(2)7-10-16-17(25-13-5-3-4-6-18(22)21-24)11-8-15-9-12-19(23)26-20(15)16/h8-9,11-12,14,24H,3-7,10,13H2,1-2H3,(H,21,22). The Balaban J connectivity index is 2.04. The second-order valence-corrected chi connectivity index (χ2v) is 6.84. The van der Waals surface area contributed by atoms with Crippen LogP contribution in [0.1, 0.15) is 51.5 Å². The number of carbonyl (C=O) groups is 1. The molecule has 1 heterocycles. The predicted molar refractivity (Wildman–Crippen MR) is 99.5 cm³/mol. The summed E-state index contributed by atoms with van der Waals surface area (Å²) in [5, 5.41) is 9.35. The fourth-order valence-electron chi connectivity index (χ4n) is 2.78. The van der Waals surface area contributed by atoms with Crippen molar-refractivity contribution in [1.82, 2.24) is 5.48 Å². The number of ether oxygens (including phenoxy) is 1. The van der Waals surface area contributed by atoms with Crippen molar-refractivity contribution >= 4 is 16.9 Å². The third-order valence-corrected chi connectivity index (χ3v) is 4.25. The molecule has 0 fully saturated rings.